The average molecular weight is 374 g/mol. The molecule has 0 saturated carbocycles. The number of ether oxygens (including phenoxy) is 1. The summed E-state index contributed by atoms with van der Waals surface area (Å²) in [6.45, 7) is 2.51. The standard InChI is InChI=1S/C13H14BrClN4O2/c1-2-21-13(20)12-11(6-16)19(18-17-12)7-8-3-4-9(14)5-10(8)15/h3-5H,2,6-7,16H2,1H3. The number of aromatic nitrogens is 3. The van der Waals surface area contributed by atoms with Crippen molar-refractivity contribution in [3.05, 3.63) is 44.6 Å². The van der Waals surface area contributed by atoms with Crippen molar-refractivity contribution in [2.24, 2.45) is 5.73 Å². The summed E-state index contributed by atoms with van der Waals surface area (Å²) in [5.74, 6) is -0.522. The van der Waals surface area contributed by atoms with Gasteiger partial charge in [-0.3, -0.25) is 0 Å². The Bertz CT molecular complexity index is 660. The van der Waals surface area contributed by atoms with E-state index in [1.807, 2.05) is 12.1 Å². The molecule has 112 valence electrons. The van der Waals surface area contributed by atoms with Gasteiger partial charge in [0.1, 0.15) is 0 Å². The van der Waals surface area contributed by atoms with E-state index in [4.69, 9.17) is 22.1 Å². The number of hydrogen-bond donors (Lipinski definition) is 1. The van der Waals surface area contributed by atoms with Gasteiger partial charge in [0, 0.05) is 16.0 Å². The molecule has 0 atom stereocenters. The zero-order chi connectivity index (χ0) is 15.4. The second kappa shape index (κ2) is 7.02. The monoisotopic (exact) mass is 372 g/mol. The maximum Gasteiger partial charge on any atom is 0.360 e. The molecule has 0 aliphatic heterocycles. The quantitative estimate of drug-likeness (QED) is 0.814. The lowest BCUT2D eigenvalue weighted by atomic mass is 10.2. The molecule has 2 rings (SSSR count). The van der Waals surface area contributed by atoms with Crippen molar-refractivity contribution >= 4 is 33.5 Å². The van der Waals surface area contributed by atoms with E-state index in [0.717, 1.165) is 10.0 Å². The van der Waals surface area contributed by atoms with Gasteiger partial charge in [-0.25, -0.2) is 9.48 Å². The predicted octanol–water partition coefficient (Wildman–Crippen LogP) is 2.38. The highest BCUT2D eigenvalue weighted by Crippen LogP contribution is 2.22. The van der Waals surface area contributed by atoms with E-state index < -0.39 is 5.97 Å². The third kappa shape index (κ3) is 3.61. The van der Waals surface area contributed by atoms with Crippen LogP contribution in [-0.4, -0.2) is 27.6 Å². The largest absolute Gasteiger partial charge is 0.461 e. The van der Waals surface area contributed by atoms with Gasteiger partial charge >= 0.3 is 5.97 Å². The minimum atomic E-state index is -0.522. The second-order valence-corrected chi connectivity index (χ2v) is 5.53. The van der Waals surface area contributed by atoms with Gasteiger partial charge in [0.25, 0.3) is 0 Å². The lowest BCUT2D eigenvalue weighted by molar-refractivity contribution is 0.0518. The van der Waals surface area contributed by atoms with E-state index in [1.54, 1.807) is 17.7 Å². The zero-order valence-corrected chi connectivity index (χ0v) is 13.7. The van der Waals surface area contributed by atoms with Crippen molar-refractivity contribution in [3.8, 4) is 0 Å². The number of nitrogens with two attached hydrogens (primary N) is 1. The average Bonchev–Trinajstić information content (AvgIpc) is 2.85. The van der Waals surface area contributed by atoms with Crippen LogP contribution < -0.4 is 5.73 Å². The summed E-state index contributed by atoms with van der Waals surface area (Å²) < 4.78 is 7.38. The van der Waals surface area contributed by atoms with E-state index in [-0.39, 0.29) is 18.8 Å². The molecule has 0 unspecified atom stereocenters. The Labute approximate surface area is 135 Å². The summed E-state index contributed by atoms with van der Waals surface area (Å²) in [4.78, 5) is 11.8. The van der Waals surface area contributed by atoms with Crippen LogP contribution in [0.4, 0.5) is 0 Å². The fourth-order valence-corrected chi connectivity index (χ4v) is 2.56. The first-order valence-corrected chi connectivity index (χ1v) is 7.47. The normalized spacial score (nSPS) is 10.7. The Morgan fingerprint density at radius 1 is 1.52 bits per heavy atom. The van der Waals surface area contributed by atoms with Crippen LogP contribution in [0.25, 0.3) is 0 Å². The maximum absolute atomic E-state index is 11.8. The minimum absolute atomic E-state index is 0.134. The van der Waals surface area contributed by atoms with Gasteiger partial charge < -0.3 is 10.5 Å². The molecule has 0 fully saturated rings. The SMILES string of the molecule is CCOC(=O)c1nnn(Cc2ccc(Br)cc2Cl)c1CN. The lowest BCUT2D eigenvalue weighted by Crippen LogP contribution is -2.15. The fraction of sp³-hybridized carbons (Fsp3) is 0.308. The number of halogens is 2. The summed E-state index contributed by atoms with van der Waals surface area (Å²) in [6, 6.07) is 5.55. The van der Waals surface area contributed by atoms with Crippen molar-refractivity contribution < 1.29 is 9.53 Å². The number of nitrogens with zero attached hydrogens (tertiary/aromatic N) is 3. The van der Waals surface area contributed by atoms with Crippen molar-refractivity contribution in [2.75, 3.05) is 6.61 Å². The van der Waals surface area contributed by atoms with Gasteiger partial charge in [-0.2, -0.15) is 0 Å². The van der Waals surface area contributed by atoms with E-state index in [1.165, 1.54) is 0 Å². The third-order valence-electron chi connectivity index (χ3n) is 2.83. The van der Waals surface area contributed by atoms with E-state index in [2.05, 4.69) is 26.2 Å². The molecular weight excluding hydrogens is 360 g/mol. The Kier molecular flexibility index (Phi) is 5.33. The summed E-state index contributed by atoms with van der Waals surface area (Å²) in [7, 11) is 0. The van der Waals surface area contributed by atoms with Crippen LogP contribution in [0.5, 0.6) is 0 Å². The van der Waals surface area contributed by atoms with E-state index >= 15 is 0 Å². The van der Waals surface area contributed by atoms with Crippen LogP contribution in [0.2, 0.25) is 5.02 Å². The minimum Gasteiger partial charge on any atom is -0.461 e. The van der Waals surface area contributed by atoms with Gasteiger partial charge in [0.15, 0.2) is 5.69 Å². The smallest absolute Gasteiger partial charge is 0.360 e. The molecule has 0 amide bonds. The van der Waals surface area contributed by atoms with Gasteiger partial charge in [-0.05, 0) is 24.6 Å². The van der Waals surface area contributed by atoms with Crippen molar-refractivity contribution in [2.45, 2.75) is 20.0 Å². The first-order chi connectivity index (χ1) is 10.1. The molecular formula is C13H14BrClN4O2. The van der Waals surface area contributed by atoms with Crippen molar-refractivity contribution in [1.29, 1.82) is 0 Å². The van der Waals surface area contributed by atoms with Crippen molar-refractivity contribution in [1.82, 2.24) is 15.0 Å². The molecule has 1 aromatic carbocycles. The highest BCUT2D eigenvalue weighted by atomic mass is 79.9. The molecule has 21 heavy (non-hydrogen) atoms. The molecule has 6 nitrogen and oxygen atoms in total. The summed E-state index contributed by atoms with van der Waals surface area (Å²) >= 11 is 9.53. The molecule has 2 aromatic rings. The first-order valence-electron chi connectivity index (χ1n) is 6.30. The Balaban J connectivity index is 2.30. The molecule has 0 aliphatic carbocycles. The molecule has 0 saturated heterocycles. The van der Waals surface area contributed by atoms with E-state index in [9.17, 15) is 4.79 Å². The van der Waals surface area contributed by atoms with Gasteiger partial charge in [-0.15, -0.1) is 5.10 Å². The Morgan fingerprint density at radius 3 is 2.90 bits per heavy atom. The molecule has 0 radical (unpaired) electrons. The third-order valence-corrected chi connectivity index (χ3v) is 3.68. The van der Waals surface area contributed by atoms with Crippen molar-refractivity contribution in [3.63, 3.8) is 0 Å². The second-order valence-electron chi connectivity index (χ2n) is 4.20. The lowest BCUT2D eigenvalue weighted by Gasteiger charge is -2.08. The van der Waals surface area contributed by atoms with Gasteiger partial charge in [0.05, 0.1) is 18.8 Å². The first kappa shape index (κ1) is 15.9. The zero-order valence-electron chi connectivity index (χ0n) is 11.3. The number of carbonyl (C=O) groups is 1. The van der Waals surface area contributed by atoms with Crippen LogP contribution in [0.1, 0.15) is 28.7 Å². The molecule has 1 heterocycles. The topological polar surface area (TPSA) is 83.0 Å². The van der Waals surface area contributed by atoms with Gasteiger partial charge in [0.2, 0.25) is 0 Å². The maximum atomic E-state index is 11.8. The van der Waals surface area contributed by atoms with E-state index in [0.29, 0.717) is 17.3 Å². The number of esters is 1. The number of carbonyl (C=O) groups excluding carboxylic acids is 1. The molecule has 8 heteroatoms. The molecule has 0 bridgehead atoms. The fourth-order valence-electron chi connectivity index (χ4n) is 1.83. The van der Waals surface area contributed by atoms with Crippen LogP contribution in [0.3, 0.4) is 0 Å². The summed E-state index contributed by atoms with van der Waals surface area (Å²) in [5.41, 5.74) is 7.22. The number of hydrogen-bond acceptors (Lipinski definition) is 5. The molecule has 0 aliphatic rings. The summed E-state index contributed by atoms with van der Waals surface area (Å²) in [6.07, 6.45) is 0. The van der Waals surface area contributed by atoms with Crippen LogP contribution >= 0.6 is 27.5 Å². The Hall–Kier alpha value is -1.44. The predicted molar refractivity (Wildman–Crippen MR) is 82.1 cm³/mol. The molecule has 2 N–H and O–H groups in total. The highest BCUT2D eigenvalue weighted by molar-refractivity contribution is 9.10. The number of benzene rings is 1. The van der Waals surface area contributed by atoms with Crippen LogP contribution in [0, 0.1) is 0 Å². The van der Waals surface area contributed by atoms with Crippen LogP contribution in [-0.2, 0) is 17.8 Å². The van der Waals surface area contributed by atoms with Crippen LogP contribution in [0.15, 0.2) is 22.7 Å². The number of rotatable bonds is 5. The molecule has 1 aromatic heterocycles. The van der Waals surface area contributed by atoms with Gasteiger partial charge in [-0.1, -0.05) is 38.8 Å². The molecule has 0 spiro atoms. The Morgan fingerprint density at radius 2 is 2.29 bits per heavy atom. The highest BCUT2D eigenvalue weighted by Gasteiger charge is 2.20. The summed E-state index contributed by atoms with van der Waals surface area (Å²) in [5, 5.41) is 8.42.